The van der Waals surface area contributed by atoms with Crippen molar-refractivity contribution in [3.05, 3.63) is 86.1 Å². The van der Waals surface area contributed by atoms with E-state index in [4.69, 9.17) is 58.0 Å². The average molecular weight is 694 g/mol. The lowest BCUT2D eigenvalue weighted by atomic mass is 10.1. The summed E-state index contributed by atoms with van der Waals surface area (Å²) in [7, 11) is 0. The van der Waals surface area contributed by atoms with Crippen molar-refractivity contribution in [2.45, 2.75) is 16.4 Å². The lowest BCUT2D eigenvalue weighted by Gasteiger charge is -2.14. The number of hydrogen-bond donors (Lipinski definition) is 3. The van der Waals surface area contributed by atoms with Gasteiger partial charge >= 0.3 is 12.1 Å². The third-order valence-corrected chi connectivity index (χ3v) is 8.15. The lowest BCUT2D eigenvalue weighted by molar-refractivity contribution is -0.167. The first-order valence-corrected chi connectivity index (χ1v) is 13.1. The monoisotopic (exact) mass is 691 g/mol. The molecule has 17 heteroatoms. The smallest absolute Gasteiger partial charge is 0.326 e. The van der Waals surface area contributed by atoms with Gasteiger partial charge in [-0.05, 0) is 48.0 Å². The summed E-state index contributed by atoms with van der Waals surface area (Å²) in [6, 6.07) is 6.72. The Morgan fingerprint density at radius 1 is 0.810 bits per heavy atom. The molecular formula is C25H12Cl5F6N3O3. The van der Waals surface area contributed by atoms with Gasteiger partial charge in [-0.1, -0.05) is 34.8 Å². The average Bonchev–Trinajstić information content (AvgIpc) is 3.48. The molecule has 3 aromatic carbocycles. The maximum Gasteiger partial charge on any atom is 0.471 e. The summed E-state index contributed by atoms with van der Waals surface area (Å²) < 4.78 is 79.1. The third kappa shape index (κ3) is 6.37. The maximum atomic E-state index is 14.7. The van der Waals surface area contributed by atoms with E-state index < -0.39 is 74.5 Å². The molecule has 0 spiro atoms. The molecule has 0 unspecified atom stereocenters. The molecule has 0 bridgehead atoms. The van der Waals surface area contributed by atoms with Crippen molar-refractivity contribution in [3.63, 3.8) is 0 Å². The molecule has 1 aliphatic carbocycles. The predicted molar refractivity (Wildman–Crippen MR) is 146 cm³/mol. The largest absolute Gasteiger partial charge is 0.471 e. The summed E-state index contributed by atoms with van der Waals surface area (Å²) in [5.74, 6) is -11.0. The fourth-order valence-corrected chi connectivity index (χ4v) is 5.40. The van der Waals surface area contributed by atoms with Crippen LogP contribution in [0.1, 0.15) is 21.8 Å². The van der Waals surface area contributed by atoms with Gasteiger partial charge < -0.3 is 16.0 Å². The molecule has 2 atom stereocenters. The van der Waals surface area contributed by atoms with Gasteiger partial charge in [0, 0.05) is 11.6 Å². The molecule has 4 rings (SSSR count). The number of nitrogens with one attached hydrogen (secondary N) is 3. The number of halogens is 11. The fraction of sp³-hybridized carbons (Fsp3) is 0.160. The minimum absolute atomic E-state index is 0.0819. The van der Waals surface area contributed by atoms with E-state index in [1.54, 1.807) is 0 Å². The predicted octanol–water partition coefficient (Wildman–Crippen LogP) is 8.34. The first-order valence-electron chi connectivity index (χ1n) is 11.2. The van der Waals surface area contributed by atoms with Gasteiger partial charge in [0.2, 0.25) is 5.91 Å². The van der Waals surface area contributed by atoms with Crippen LogP contribution in [0.15, 0.2) is 42.5 Å². The van der Waals surface area contributed by atoms with E-state index in [1.807, 2.05) is 5.32 Å². The van der Waals surface area contributed by atoms with E-state index in [2.05, 4.69) is 5.32 Å². The summed E-state index contributed by atoms with van der Waals surface area (Å²) in [5.41, 5.74) is -2.84. The van der Waals surface area contributed by atoms with Gasteiger partial charge in [-0.3, -0.25) is 14.4 Å². The van der Waals surface area contributed by atoms with E-state index in [-0.39, 0.29) is 20.8 Å². The van der Waals surface area contributed by atoms with E-state index >= 15 is 0 Å². The van der Waals surface area contributed by atoms with Gasteiger partial charge in [0.1, 0.15) is 21.7 Å². The van der Waals surface area contributed by atoms with Crippen molar-refractivity contribution in [1.29, 1.82) is 0 Å². The lowest BCUT2D eigenvalue weighted by Crippen LogP contribution is -2.31. The zero-order valence-corrected chi connectivity index (χ0v) is 23.9. The van der Waals surface area contributed by atoms with E-state index in [1.165, 1.54) is 12.1 Å². The van der Waals surface area contributed by atoms with Gasteiger partial charge in [0.05, 0.1) is 32.2 Å². The standard InChI is InChI=1S/C25H12Cl5F6N3O3/c26-11-5-8(6-12(27)18(11)28)16-17(24(16,29)30)22(41)37-9-1-2-13(31)10(7-9)21(40)38-15-4-3-14(32)20(19(15)33)39-23(42)25(34,35)36/h1-7,16-17H,(H,37,41)(H,38,40)(H,39,42)/t16-,17+/m0/s1. The molecule has 0 radical (unpaired) electrons. The molecule has 1 saturated carbocycles. The van der Waals surface area contributed by atoms with Crippen LogP contribution in [0.4, 0.5) is 43.4 Å². The Labute approximate surface area is 257 Å². The minimum Gasteiger partial charge on any atom is -0.326 e. The molecule has 0 saturated heterocycles. The van der Waals surface area contributed by atoms with Crippen molar-refractivity contribution < 1.29 is 40.7 Å². The number of carbonyl (C=O) groups is 3. The van der Waals surface area contributed by atoms with E-state index in [0.717, 1.165) is 23.5 Å². The summed E-state index contributed by atoms with van der Waals surface area (Å²) in [5, 5.41) is 5.60. The second kappa shape index (κ2) is 11.6. The third-order valence-electron chi connectivity index (χ3n) is 6.02. The van der Waals surface area contributed by atoms with Crippen molar-refractivity contribution in [2.75, 3.05) is 16.0 Å². The minimum atomic E-state index is -5.46. The molecule has 0 aromatic heterocycles. The first-order chi connectivity index (χ1) is 19.4. The summed E-state index contributed by atoms with van der Waals surface area (Å²) >= 11 is 30.7. The molecule has 42 heavy (non-hydrogen) atoms. The number of anilines is 3. The van der Waals surface area contributed by atoms with Gasteiger partial charge in [-0.25, -0.2) is 13.2 Å². The zero-order chi connectivity index (χ0) is 31.3. The summed E-state index contributed by atoms with van der Waals surface area (Å²) in [6.45, 7) is 0. The number of alkyl halides is 5. The molecule has 3 N–H and O–H groups in total. The zero-order valence-electron chi connectivity index (χ0n) is 20.1. The Morgan fingerprint density at radius 2 is 1.40 bits per heavy atom. The van der Waals surface area contributed by atoms with Gasteiger partial charge in [0.15, 0.2) is 5.82 Å². The highest BCUT2D eigenvalue weighted by atomic mass is 35.5. The SMILES string of the molecule is O=C(Nc1ccc(F)c(NC(=O)C(F)(F)F)c1F)c1cc(NC(=O)[C@H]2[C@H](c3cc(Cl)c(Cl)c(Cl)c3)C2(Cl)Cl)ccc1F. The van der Waals surface area contributed by atoms with Crippen molar-refractivity contribution in [1.82, 2.24) is 0 Å². The molecule has 0 heterocycles. The number of carbonyl (C=O) groups excluding carboxylic acids is 3. The van der Waals surface area contributed by atoms with E-state index in [9.17, 15) is 40.7 Å². The van der Waals surface area contributed by atoms with Crippen LogP contribution in [0.5, 0.6) is 0 Å². The van der Waals surface area contributed by atoms with Crippen LogP contribution < -0.4 is 16.0 Å². The Bertz CT molecular complexity index is 1610. The number of rotatable bonds is 6. The number of benzene rings is 3. The van der Waals surface area contributed by atoms with Crippen LogP contribution in [-0.2, 0) is 9.59 Å². The van der Waals surface area contributed by atoms with Crippen molar-refractivity contribution in [3.8, 4) is 0 Å². The first kappa shape index (κ1) is 32.0. The molecule has 1 aliphatic rings. The van der Waals surface area contributed by atoms with Crippen LogP contribution >= 0.6 is 58.0 Å². The van der Waals surface area contributed by atoms with Crippen LogP contribution in [-0.4, -0.2) is 28.2 Å². The highest BCUT2D eigenvalue weighted by molar-refractivity contribution is 6.54. The highest BCUT2D eigenvalue weighted by Gasteiger charge is 2.67. The Kier molecular flexibility index (Phi) is 8.88. The Morgan fingerprint density at radius 3 is 2.00 bits per heavy atom. The second-order valence-corrected chi connectivity index (χ2v) is 11.4. The summed E-state index contributed by atoms with van der Waals surface area (Å²) in [6.07, 6.45) is -5.46. The molecular weight excluding hydrogens is 682 g/mol. The fourth-order valence-electron chi connectivity index (χ4n) is 3.96. The van der Waals surface area contributed by atoms with Crippen LogP contribution in [0.3, 0.4) is 0 Å². The number of amides is 3. The van der Waals surface area contributed by atoms with E-state index in [0.29, 0.717) is 17.7 Å². The van der Waals surface area contributed by atoms with Gasteiger partial charge in [-0.2, -0.15) is 13.2 Å². The van der Waals surface area contributed by atoms with Crippen LogP contribution in [0.25, 0.3) is 0 Å². The second-order valence-electron chi connectivity index (χ2n) is 8.80. The van der Waals surface area contributed by atoms with Gasteiger partial charge in [-0.15, -0.1) is 23.2 Å². The van der Waals surface area contributed by atoms with Crippen molar-refractivity contribution >= 4 is 92.8 Å². The number of hydrogen-bond acceptors (Lipinski definition) is 3. The normalized spacial score (nSPS) is 17.4. The molecule has 0 aliphatic heterocycles. The molecule has 222 valence electrons. The summed E-state index contributed by atoms with van der Waals surface area (Å²) in [4.78, 5) is 36.8. The Balaban J connectivity index is 1.53. The van der Waals surface area contributed by atoms with Crippen LogP contribution in [0, 0.1) is 23.4 Å². The van der Waals surface area contributed by atoms with Crippen LogP contribution in [0.2, 0.25) is 15.1 Å². The highest BCUT2D eigenvalue weighted by Crippen LogP contribution is 2.65. The van der Waals surface area contributed by atoms with Crippen molar-refractivity contribution in [2.24, 2.45) is 5.92 Å². The topological polar surface area (TPSA) is 87.3 Å². The van der Waals surface area contributed by atoms with Gasteiger partial charge in [0.25, 0.3) is 5.91 Å². The quantitative estimate of drug-likeness (QED) is 0.138. The maximum absolute atomic E-state index is 14.7. The molecule has 3 aromatic rings. The Hall–Kier alpha value is -2.90. The molecule has 3 amide bonds. The molecule has 6 nitrogen and oxygen atoms in total. The molecule has 1 fully saturated rings.